The van der Waals surface area contributed by atoms with Gasteiger partial charge in [-0.15, -0.1) is 0 Å². The van der Waals surface area contributed by atoms with E-state index < -0.39 is 24.1 Å². The molecule has 3 atom stereocenters. The van der Waals surface area contributed by atoms with Gasteiger partial charge in [0.2, 0.25) is 0 Å². The highest BCUT2D eigenvalue weighted by molar-refractivity contribution is 5.78. The SMILES string of the molecule is COc1ccc(COC[C@H]2OC(=O)[C@@H]3OC(C)(C)O[C@H]23)cc1. The van der Waals surface area contributed by atoms with E-state index in [9.17, 15) is 4.79 Å². The molecular formula is C16H20O6. The van der Waals surface area contributed by atoms with Crippen LogP contribution in [-0.4, -0.2) is 43.8 Å². The predicted octanol–water partition coefficient (Wildman–Crippen LogP) is 1.66. The first-order valence-corrected chi connectivity index (χ1v) is 7.25. The topological polar surface area (TPSA) is 63.2 Å². The average molecular weight is 308 g/mol. The first kappa shape index (κ1) is 15.3. The molecule has 0 radical (unpaired) electrons. The molecule has 2 aliphatic rings. The van der Waals surface area contributed by atoms with Gasteiger partial charge in [-0.1, -0.05) is 12.1 Å². The summed E-state index contributed by atoms with van der Waals surface area (Å²) in [5.41, 5.74) is 1.02. The van der Waals surface area contributed by atoms with E-state index in [0.717, 1.165) is 11.3 Å². The molecule has 22 heavy (non-hydrogen) atoms. The molecule has 0 spiro atoms. The van der Waals surface area contributed by atoms with Gasteiger partial charge in [0.15, 0.2) is 18.0 Å². The maximum Gasteiger partial charge on any atom is 0.338 e. The van der Waals surface area contributed by atoms with Crippen LogP contribution in [0.5, 0.6) is 5.75 Å². The number of ether oxygens (including phenoxy) is 5. The fraction of sp³-hybridized carbons (Fsp3) is 0.562. The minimum atomic E-state index is -0.761. The van der Waals surface area contributed by atoms with E-state index in [1.54, 1.807) is 21.0 Å². The molecule has 0 bridgehead atoms. The van der Waals surface area contributed by atoms with Crippen LogP contribution in [0.25, 0.3) is 0 Å². The first-order valence-electron chi connectivity index (χ1n) is 7.25. The number of hydrogen-bond donors (Lipinski definition) is 0. The molecule has 0 saturated carbocycles. The zero-order valence-electron chi connectivity index (χ0n) is 12.9. The lowest BCUT2D eigenvalue weighted by atomic mass is 10.1. The van der Waals surface area contributed by atoms with E-state index in [1.807, 2.05) is 24.3 Å². The number of carbonyl (C=O) groups is 1. The predicted molar refractivity (Wildman–Crippen MR) is 76.4 cm³/mol. The van der Waals surface area contributed by atoms with E-state index in [0.29, 0.717) is 6.61 Å². The zero-order valence-corrected chi connectivity index (χ0v) is 12.9. The van der Waals surface area contributed by atoms with Crippen molar-refractivity contribution in [3.63, 3.8) is 0 Å². The van der Waals surface area contributed by atoms with Crippen molar-refractivity contribution < 1.29 is 28.5 Å². The molecule has 6 heteroatoms. The van der Waals surface area contributed by atoms with Gasteiger partial charge in [-0.05, 0) is 31.5 Å². The van der Waals surface area contributed by atoms with Gasteiger partial charge < -0.3 is 23.7 Å². The second-order valence-corrected chi connectivity index (χ2v) is 5.86. The van der Waals surface area contributed by atoms with Gasteiger partial charge in [0, 0.05) is 0 Å². The average Bonchev–Trinajstić information content (AvgIpc) is 2.95. The Kier molecular flexibility index (Phi) is 4.08. The van der Waals surface area contributed by atoms with E-state index >= 15 is 0 Å². The Morgan fingerprint density at radius 1 is 1.18 bits per heavy atom. The van der Waals surface area contributed by atoms with Crippen molar-refractivity contribution in [2.45, 2.75) is 44.6 Å². The normalized spacial score (nSPS) is 29.2. The maximum atomic E-state index is 11.8. The summed E-state index contributed by atoms with van der Waals surface area (Å²) in [7, 11) is 1.63. The third-order valence-corrected chi connectivity index (χ3v) is 3.71. The Morgan fingerprint density at radius 2 is 1.91 bits per heavy atom. The number of hydrogen-bond acceptors (Lipinski definition) is 6. The quantitative estimate of drug-likeness (QED) is 0.771. The smallest absolute Gasteiger partial charge is 0.338 e. The first-order chi connectivity index (χ1) is 10.5. The van der Waals surface area contributed by atoms with Gasteiger partial charge in [-0.2, -0.15) is 0 Å². The summed E-state index contributed by atoms with van der Waals surface area (Å²) in [4.78, 5) is 11.8. The zero-order chi connectivity index (χ0) is 15.7. The molecule has 0 aliphatic carbocycles. The van der Waals surface area contributed by atoms with Crippen molar-refractivity contribution >= 4 is 5.97 Å². The molecule has 2 aliphatic heterocycles. The minimum Gasteiger partial charge on any atom is -0.497 e. The monoisotopic (exact) mass is 308 g/mol. The lowest BCUT2D eigenvalue weighted by Gasteiger charge is -2.21. The van der Waals surface area contributed by atoms with Crippen LogP contribution in [0.15, 0.2) is 24.3 Å². The van der Waals surface area contributed by atoms with Gasteiger partial charge in [0.05, 0.1) is 20.3 Å². The van der Waals surface area contributed by atoms with Crippen molar-refractivity contribution in [3.8, 4) is 5.75 Å². The van der Waals surface area contributed by atoms with Gasteiger partial charge in [-0.3, -0.25) is 0 Å². The molecule has 2 fully saturated rings. The number of rotatable bonds is 5. The summed E-state index contributed by atoms with van der Waals surface area (Å²) in [6, 6.07) is 7.61. The van der Waals surface area contributed by atoms with E-state index in [1.165, 1.54) is 0 Å². The largest absolute Gasteiger partial charge is 0.497 e. The number of fused-ring (bicyclic) bond motifs is 1. The van der Waals surface area contributed by atoms with Crippen molar-refractivity contribution in [1.82, 2.24) is 0 Å². The van der Waals surface area contributed by atoms with E-state index in [2.05, 4.69) is 0 Å². The van der Waals surface area contributed by atoms with Gasteiger partial charge in [0.1, 0.15) is 11.9 Å². The molecule has 2 saturated heterocycles. The summed E-state index contributed by atoms with van der Waals surface area (Å²) in [5, 5.41) is 0. The fourth-order valence-corrected chi connectivity index (χ4v) is 2.67. The minimum absolute atomic E-state index is 0.276. The summed E-state index contributed by atoms with van der Waals surface area (Å²) >= 11 is 0. The van der Waals surface area contributed by atoms with Crippen LogP contribution < -0.4 is 4.74 Å². The van der Waals surface area contributed by atoms with Crippen LogP contribution in [0.4, 0.5) is 0 Å². The van der Waals surface area contributed by atoms with Crippen LogP contribution in [0, 0.1) is 0 Å². The molecule has 0 unspecified atom stereocenters. The van der Waals surface area contributed by atoms with Crippen molar-refractivity contribution in [3.05, 3.63) is 29.8 Å². The molecule has 0 N–H and O–H groups in total. The summed E-state index contributed by atoms with van der Waals surface area (Å²) in [6.45, 7) is 4.28. The number of cyclic esters (lactones) is 1. The van der Waals surface area contributed by atoms with Crippen molar-refractivity contribution in [1.29, 1.82) is 0 Å². The molecule has 120 valence electrons. The molecule has 1 aromatic rings. The Balaban J connectivity index is 1.52. The van der Waals surface area contributed by atoms with Crippen LogP contribution in [-0.2, 0) is 30.3 Å². The number of benzene rings is 1. The second-order valence-electron chi connectivity index (χ2n) is 5.86. The molecule has 6 nitrogen and oxygen atoms in total. The lowest BCUT2D eigenvalue weighted by molar-refractivity contribution is -0.190. The number of carbonyl (C=O) groups excluding carboxylic acids is 1. The Hall–Kier alpha value is -1.63. The Labute approximate surface area is 129 Å². The molecule has 2 heterocycles. The Bertz CT molecular complexity index is 538. The van der Waals surface area contributed by atoms with Crippen molar-refractivity contribution in [2.75, 3.05) is 13.7 Å². The third-order valence-electron chi connectivity index (χ3n) is 3.71. The summed E-state index contributed by atoms with van der Waals surface area (Å²) in [5.74, 6) is -0.341. The van der Waals surface area contributed by atoms with Crippen molar-refractivity contribution in [2.24, 2.45) is 0 Å². The molecule has 0 amide bonds. The fourth-order valence-electron chi connectivity index (χ4n) is 2.67. The van der Waals surface area contributed by atoms with Crippen LogP contribution >= 0.6 is 0 Å². The van der Waals surface area contributed by atoms with Gasteiger partial charge >= 0.3 is 5.97 Å². The van der Waals surface area contributed by atoms with Gasteiger partial charge in [-0.25, -0.2) is 4.79 Å². The molecule has 1 aromatic carbocycles. The number of methoxy groups -OCH3 is 1. The van der Waals surface area contributed by atoms with Crippen LogP contribution in [0.3, 0.4) is 0 Å². The van der Waals surface area contributed by atoms with Gasteiger partial charge in [0.25, 0.3) is 0 Å². The standard InChI is InChI=1S/C16H20O6/c1-16(2)21-13-12(20-15(17)14(13)22-16)9-19-8-10-4-6-11(18-3)7-5-10/h4-7,12-14H,8-9H2,1-3H3/t12-,13-,14-/m1/s1. The van der Waals surface area contributed by atoms with Crippen LogP contribution in [0.2, 0.25) is 0 Å². The van der Waals surface area contributed by atoms with E-state index in [-0.39, 0.29) is 12.6 Å². The second kappa shape index (κ2) is 5.87. The highest BCUT2D eigenvalue weighted by Crippen LogP contribution is 2.36. The lowest BCUT2D eigenvalue weighted by Crippen LogP contribution is -2.32. The van der Waals surface area contributed by atoms with E-state index in [4.69, 9.17) is 23.7 Å². The number of esters is 1. The summed E-state index contributed by atoms with van der Waals surface area (Å²) in [6.07, 6.45) is -1.49. The maximum absolute atomic E-state index is 11.8. The van der Waals surface area contributed by atoms with Crippen LogP contribution in [0.1, 0.15) is 19.4 Å². The molecule has 3 rings (SSSR count). The molecular weight excluding hydrogens is 288 g/mol. The highest BCUT2D eigenvalue weighted by Gasteiger charge is 2.55. The summed E-state index contributed by atoms with van der Waals surface area (Å²) < 4.78 is 27.3. The highest BCUT2D eigenvalue weighted by atomic mass is 16.8. The Morgan fingerprint density at radius 3 is 2.59 bits per heavy atom. The molecule has 0 aromatic heterocycles. The third kappa shape index (κ3) is 3.09.